The van der Waals surface area contributed by atoms with Crippen LogP contribution in [-0.2, 0) is 20.2 Å². The molecule has 25 heavy (non-hydrogen) atoms. The van der Waals surface area contributed by atoms with Gasteiger partial charge in [0.1, 0.15) is 0 Å². The average molecular weight is 446 g/mol. The smallest absolute Gasteiger partial charge is 0.743 e. The van der Waals surface area contributed by atoms with Gasteiger partial charge in [-0.05, 0) is 0 Å². The zero-order chi connectivity index (χ0) is 20.3. The largest absolute Gasteiger partial charge is 2.00 e. The summed E-state index contributed by atoms with van der Waals surface area (Å²) in [6.07, 6.45) is -7.08. The number of hydrogen-bond acceptors (Lipinski definition) is 6. The van der Waals surface area contributed by atoms with Gasteiger partial charge in [-0.1, -0.05) is 0 Å². The predicted molar refractivity (Wildman–Crippen MR) is 55.7 cm³/mol. The summed E-state index contributed by atoms with van der Waals surface area (Å²) in [6, 6.07) is 0. The van der Waals surface area contributed by atoms with Crippen LogP contribution in [-0.4, -0.2) is 59.5 Å². The van der Waals surface area contributed by atoms with Crippen molar-refractivity contribution in [1.82, 2.24) is 0 Å². The molecule has 0 fully saturated rings. The molecule has 0 amide bonds. The van der Waals surface area contributed by atoms with Gasteiger partial charge in [-0.15, -0.1) is 0 Å². The van der Waals surface area contributed by atoms with Gasteiger partial charge in [0.25, 0.3) is 0 Å². The van der Waals surface area contributed by atoms with Gasteiger partial charge < -0.3 is 9.11 Å². The molecule has 0 atom stereocenters. The molecule has 0 heterocycles. The molecular weight excluding hydrogens is 446 g/mol. The summed E-state index contributed by atoms with van der Waals surface area (Å²) < 4.78 is 171. The molecule has 0 rings (SSSR count). The van der Waals surface area contributed by atoms with E-state index in [0.29, 0.717) is 0 Å². The SMILES string of the molecule is O=S(=O)([O-])C(F)(F)C(F)=C(F)F.O=S(=O)([O-])C(F)(F)C(F)=C(F)F.[Mg+2]. The van der Waals surface area contributed by atoms with Crippen molar-refractivity contribution in [3.05, 3.63) is 23.8 Å². The minimum atomic E-state index is -6.44. The zero-order valence-electron chi connectivity index (χ0n) is 10.8. The Kier molecular flexibility index (Phi) is 10.9. The molecule has 0 unspecified atom stereocenters. The van der Waals surface area contributed by atoms with Crippen LogP contribution in [0.2, 0.25) is 0 Å². The predicted octanol–water partition coefficient (Wildman–Crippen LogP) is 2.02. The van der Waals surface area contributed by atoms with Crippen molar-refractivity contribution >= 4 is 43.3 Å². The average Bonchev–Trinajstić information content (AvgIpc) is 2.34. The maximum Gasteiger partial charge on any atom is 2.00 e. The van der Waals surface area contributed by atoms with Gasteiger partial charge in [0.2, 0.25) is 11.7 Å². The Morgan fingerprint density at radius 1 is 0.600 bits per heavy atom. The molecule has 6 nitrogen and oxygen atoms in total. The number of halogens is 10. The molecule has 0 saturated carbocycles. The Morgan fingerprint density at radius 2 is 0.760 bits per heavy atom. The summed E-state index contributed by atoms with van der Waals surface area (Å²) in [4.78, 5) is 0. The fourth-order valence-electron chi connectivity index (χ4n) is 0.439. The maximum atomic E-state index is 11.8. The Bertz CT molecular complexity index is 670. The second-order valence-electron chi connectivity index (χ2n) is 3.09. The molecule has 0 aliphatic rings. The quantitative estimate of drug-likeness (QED) is 0.371. The summed E-state index contributed by atoms with van der Waals surface area (Å²) in [6.45, 7) is 0. The van der Waals surface area contributed by atoms with E-state index in [-0.39, 0.29) is 23.1 Å². The second-order valence-corrected chi connectivity index (χ2v) is 5.93. The molecule has 0 saturated heterocycles. The van der Waals surface area contributed by atoms with Gasteiger partial charge in [-0.2, -0.15) is 43.9 Å². The summed E-state index contributed by atoms with van der Waals surface area (Å²) in [5.74, 6) is -7.09. The molecule has 0 bridgehead atoms. The fraction of sp³-hybridized carbons (Fsp3) is 0.333. The van der Waals surface area contributed by atoms with Crippen molar-refractivity contribution in [1.29, 1.82) is 0 Å². The summed E-state index contributed by atoms with van der Waals surface area (Å²) in [7, 11) is -12.9. The van der Waals surface area contributed by atoms with Crippen LogP contribution in [0.4, 0.5) is 43.9 Å². The minimum Gasteiger partial charge on any atom is -0.743 e. The molecule has 0 aromatic rings. The first kappa shape index (κ1) is 29.1. The van der Waals surface area contributed by atoms with E-state index in [0.717, 1.165) is 0 Å². The molecule has 0 aromatic heterocycles. The van der Waals surface area contributed by atoms with Crippen LogP contribution in [0, 0.1) is 0 Å². The normalized spacial score (nSPS) is 12.3. The molecule has 0 radical (unpaired) electrons. The van der Waals surface area contributed by atoms with Gasteiger partial charge in [-0.3, -0.25) is 0 Å². The van der Waals surface area contributed by atoms with Crippen LogP contribution in [0.5, 0.6) is 0 Å². The first-order valence-corrected chi connectivity index (χ1v) is 7.11. The third kappa shape index (κ3) is 7.64. The molecule has 19 heteroatoms. The van der Waals surface area contributed by atoms with E-state index in [9.17, 15) is 69.8 Å². The van der Waals surface area contributed by atoms with E-state index in [2.05, 4.69) is 0 Å². The van der Waals surface area contributed by atoms with E-state index in [1.165, 1.54) is 0 Å². The molecule has 0 aliphatic carbocycles. The molecule has 0 aromatic carbocycles. The Labute approximate surface area is 147 Å². The van der Waals surface area contributed by atoms with E-state index >= 15 is 0 Å². The summed E-state index contributed by atoms with van der Waals surface area (Å²) in [5.41, 5.74) is 0. The minimum absolute atomic E-state index is 0. The number of hydrogen-bond donors (Lipinski definition) is 0. The number of rotatable bonds is 4. The maximum absolute atomic E-state index is 11.8. The van der Waals surface area contributed by atoms with Gasteiger partial charge >= 0.3 is 45.7 Å². The Balaban J connectivity index is -0.000000372. The Hall–Kier alpha value is -0.634. The Morgan fingerprint density at radius 3 is 0.800 bits per heavy atom. The van der Waals surface area contributed by atoms with E-state index < -0.39 is 54.6 Å². The van der Waals surface area contributed by atoms with E-state index in [4.69, 9.17) is 0 Å². The number of alkyl halides is 4. The van der Waals surface area contributed by atoms with Gasteiger partial charge in [0.05, 0.1) is 0 Å². The van der Waals surface area contributed by atoms with Crippen molar-refractivity contribution in [2.24, 2.45) is 0 Å². The van der Waals surface area contributed by atoms with Crippen LogP contribution in [0.25, 0.3) is 0 Å². The zero-order valence-corrected chi connectivity index (χ0v) is 13.8. The standard InChI is InChI=1S/2C3HF5O3S.Mg/c2*4-1(2(5)6)3(7,8)12(9,10)11;/h2*(H,9,10,11);/q;;+2/p-2. The van der Waals surface area contributed by atoms with Crippen molar-refractivity contribution in [2.45, 2.75) is 10.5 Å². The van der Waals surface area contributed by atoms with Crippen LogP contribution in [0.15, 0.2) is 23.8 Å². The van der Waals surface area contributed by atoms with Gasteiger partial charge in [0.15, 0.2) is 20.2 Å². The van der Waals surface area contributed by atoms with Gasteiger partial charge in [-0.25, -0.2) is 16.8 Å². The van der Waals surface area contributed by atoms with Crippen LogP contribution in [0.1, 0.15) is 0 Å². The first-order chi connectivity index (χ1) is 10.2. The van der Waals surface area contributed by atoms with Crippen LogP contribution < -0.4 is 0 Å². The molecule has 0 N–H and O–H groups in total. The third-order valence-corrected chi connectivity index (χ3v) is 3.09. The molecule has 0 aliphatic heterocycles. The monoisotopic (exact) mass is 446 g/mol. The fourth-order valence-corrected chi connectivity index (χ4v) is 1.03. The van der Waals surface area contributed by atoms with Crippen molar-refractivity contribution in [2.75, 3.05) is 0 Å². The summed E-state index contributed by atoms with van der Waals surface area (Å²) in [5, 5.41) is -11.4. The topological polar surface area (TPSA) is 114 Å². The van der Waals surface area contributed by atoms with Crippen LogP contribution >= 0.6 is 0 Å². The third-order valence-electron chi connectivity index (χ3n) is 1.47. The second kappa shape index (κ2) is 9.35. The molecule has 0 spiro atoms. The van der Waals surface area contributed by atoms with Crippen molar-refractivity contribution in [3.63, 3.8) is 0 Å². The molecule has 144 valence electrons. The first-order valence-electron chi connectivity index (χ1n) is 4.30. The van der Waals surface area contributed by atoms with Crippen molar-refractivity contribution in [3.8, 4) is 0 Å². The van der Waals surface area contributed by atoms with Crippen LogP contribution in [0.3, 0.4) is 0 Å². The van der Waals surface area contributed by atoms with Gasteiger partial charge in [0, 0.05) is 0 Å². The summed E-state index contributed by atoms with van der Waals surface area (Å²) >= 11 is 0. The van der Waals surface area contributed by atoms with E-state index in [1.54, 1.807) is 0 Å². The van der Waals surface area contributed by atoms with E-state index in [1.807, 2.05) is 0 Å². The molecular formula is C6F10MgO6S2. The van der Waals surface area contributed by atoms with Crippen molar-refractivity contribution < 1.29 is 69.8 Å².